The second-order valence-electron chi connectivity index (χ2n) is 9.18. The first kappa shape index (κ1) is 31.9. The van der Waals surface area contributed by atoms with Gasteiger partial charge in [-0.15, -0.1) is 0 Å². The van der Waals surface area contributed by atoms with Crippen molar-refractivity contribution in [3.05, 3.63) is 101 Å². The molecule has 2 amide bonds. The molecule has 0 radical (unpaired) electrons. The van der Waals surface area contributed by atoms with E-state index in [1.165, 1.54) is 58.9 Å². The third kappa shape index (κ3) is 7.87. The van der Waals surface area contributed by atoms with E-state index in [4.69, 9.17) is 28.4 Å². The van der Waals surface area contributed by atoms with E-state index >= 15 is 0 Å². The van der Waals surface area contributed by atoms with Gasteiger partial charge in [-0.2, -0.15) is 5.10 Å². The Morgan fingerprint density at radius 1 is 0.622 bits per heavy atom. The molecule has 0 saturated carbocycles. The highest BCUT2D eigenvalue weighted by Gasteiger charge is 2.20. The summed E-state index contributed by atoms with van der Waals surface area (Å²) < 4.78 is 32.0. The molecule has 0 atom stereocenters. The first-order valence-corrected chi connectivity index (χ1v) is 13.4. The number of nitrogens with zero attached hydrogens (tertiary/aromatic N) is 1. The van der Waals surface area contributed by atoms with Crippen LogP contribution in [0.25, 0.3) is 0 Å². The molecule has 45 heavy (non-hydrogen) atoms. The topological polar surface area (TPSA) is 143 Å². The quantitative estimate of drug-likeness (QED) is 0.0980. The Hall–Kier alpha value is -6.04. The number of hydrogen-bond donors (Lipinski definition) is 2. The molecule has 0 fully saturated rings. The molecule has 2 N–H and O–H groups in total. The fraction of sp³-hybridized carbons (Fsp3) is 0.152. The maximum atomic E-state index is 12.9. The highest BCUT2D eigenvalue weighted by Crippen LogP contribution is 2.39. The normalized spacial score (nSPS) is 10.5. The van der Waals surface area contributed by atoms with Gasteiger partial charge < -0.3 is 33.7 Å². The number of methoxy groups -OCH3 is 5. The molecule has 0 spiro atoms. The average Bonchev–Trinajstić information content (AvgIpc) is 3.08. The molecule has 0 heterocycles. The van der Waals surface area contributed by atoms with Crippen LogP contribution in [0.1, 0.15) is 36.6 Å². The summed E-state index contributed by atoms with van der Waals surface area (Å²) in [7, 11) is 7.32. The van der Waals surface area contributed by atoms with Gasteiger partial charge in [0.15, 0.2) is 23.0 Å². The lowest BCUT2D eigenvalue weighted by atomic mass is 10.1. The largest absolute Gasteiger partial charge is 0.497 e. The van der Waals surface area contributed by atoms with Gasteiger partial charge in [-0.1, -0.05) is 6.07 Å². The molecule has 12 heteroatoms. The van der Waals surface area contributed by atoms with Crippen LogP contribution in [0, 0.1) is 0 Å². The lowest BCUT2D eigenvalue weighted by Crippen LogP contribution is -2.18. The van der Waals surface area contributed by atoms with Crippen molar-refractivity contribution >= 4 is 29.7 Å². The van der Waals surface area contributed by atoms with E-state index in [9.17, 15) is 14.4 Å². The van der Waals surface area contributed by atoms with E-state index in [-0.39, 0.29) is 28.5 Å². The maximum Gasteiger partial charge on any atom is 0.343 e. The number of carbonyl (C=O) groups excluding carboxylic acids is 3. The highest BCUT2D eigenvalue weighted by molar-refractivity contribution is 6.05. The molecule has 0 aliphatic heterocycles. The van der Waals surface area contributed by atoms with Gasteiger partial charge in [0.1, 0.15) is 5.75 Å². The number of hydrazone groups is 1. The summed E-state index contributed by atoms with van der Waals surface area (Å²) in [4.78, 5) is 38.2. The van der Waals surface area contributed by atoms with Crippen LogP contribution in [-0.2, 0) is 0 Å². The van der Waals surface area contributed by atoms with Crippen molar-refractivity contribution in [2.24, 2.45) is 5.10 Å². The van der Waals surface area contributed by atoms with E-state index in [1.807, 2.05) is 0 Å². The number of anilines is 1. The predicted octanol–water partition coefficient (Wildman–Crippen LogP) is 4.97. The van der Waals surface area contributed by atoms with E-state index in [1.54, 1.807) is 61.7 Å². The number of nitrogens with one attached hydrogen (secondary N) is 2. The maximum absolute atomic E-state index is 12.9. The fourth-order valence-corrected chi connectivity index (χ4v) is 4.12. The smallest absolute Gasteiger partial charge is 0.343 e. The van der Waals surface area contributed by atoms with Crippen molar-refractivity contribution in [1.82, 2.24) is 5.43 Å². The average molecular weight is 614 g/mol. The summed E-state index contributed by atoms with van der Waals surface area (Å²) in [6, 6.07) is 20.8. The van der Waals surface area contributed by atoms with E-state index < -0.39 is 11.9 Å². The van der Waals surface area contributed by atoms with Crippen LogP contribution in [0.2, 0.25) is 0 Å². The molecule has 0 bridgehead atoms. The van der Waals surface area contributed by atoms with E-state index in [0.717, 1.165) is 0 Å². The summed E-state index contributed by atoms with van der Waals surface area (Å²) in [5.74, 6) is 0.490. The first-order chi connectivity index (χ1) is 21.8. The molecule has 4 rings (SSSR count). The minimum Gasteiger partial charge on any atom is -0.497 e. The second kappa shape index (κ2) is 14.9. The standard InChI is InChI=1S/C33H31N3O9/c1-40-25-12-10-21(11-13-25)31(37)35-24-8-6-7-22(16-24)32(38)36-34-19-20-9-14-26(27(15-20)41-2)45-33(39)23-17-28(42-3)30(44-5)29(18-23)43-4/h6-19H,1-5H3,(H,35,37)(H,36,38). The van der Waals surface area contributed by atoms with Crippen LogP contribution in [0.15, 0.2) is 84.0 Å². The van der Waals surface area contributed by atoms with Crippen LogP contribution in [0.5, 0.6) is 34.5 Å². The predicted molar refractivity (Wildman–Crippen MR) is 166 cm³/mol. The van der Waals surface area contributed by atoms with E-state index in [2.05, 4.69) is 15.8 Å². The van der Waals surface area contributed by atoms with Gasteiger partial charge in [0.05, 0.1) is 47.3 Å². The number of carbonyl (C=O) groups is 3. The van der Waals surface area contributed by atoms with Gasteiger partial charge in [-0.3, -0.25) is 9.59 Å². The molecule has 4 aromatic rings. The summed E-state index contributed by atoms with van der Waals surface area (Å²) >= 11 is 0. The third-order valence-corrected chi connectivity index (χ3v) is 6.41. The zero-order valence-corrected chi connectivity index (χ0v) is 25.2. The molecule has 0 unspecified atom stereocenters. The molecule has 0 aliphatic carbocycles. The Morgan fingerprint density at radius 3 is 1.93 bits per heavy atom. The summed E-state index contributed by atoms with van der Waals surface area (Å²) in [5.41, 5.74) is 4.34. The Labute approximate surface area is 259 Å². The van der Waals surface area contributed by atoms with Crippen molar-refractivity contribution < 1.29 is 42.8 Å². The van der Waals surface area contributed by atoms with Gasteiger partial charge in [-0.05, 0) is 78.4 Å². The Bertz CT molecular complexity index is 1690. The highest BCUT2D eigenvalue weighted by atomic mass is 16.6. The monoisotopic (exact) mass is 613 g/mol. The Morgan fingerprint density at radius 2 is 1.31 bits per heavy atom. The molecule has 0 aromatic heterocycles. The zero-order chi connectivity index (χ0) is 32.3. The van der Waals surface area contributed by atoms with Crippen LogP contribution >= 0.6 is 0 Å². The molecular weight excluding hydrogens is 582 g/mol. The molecular formula is C33H31N3O9. The third-order valence-electron chi connectivity index (χ3n) is 6.41. The van der Waals surface area contributed by atoms with Crippen molar-refractivity contribution in [3.8, 4) is 34.5 Å². The SMILES string of the molecule is COc1ccc(C(=O)Nc2cccc(C(=O)NN=Cc3ccc(OC(=O)c4cc(OC)c(OC)c(OC)c4)c(OC)c3)c2)cc1. The number of esters is 1. The molecule has 12 nitrogen and oxygen atoms in total. The van der Waals surface area contributed by atoms with Crippen LogP contribution in [0.3, 0.4) is 0 Å². The van der Waals surface area contributed by atoms with Crippen molar-refractivity contribution in [2.75, 3.05) is 40.9 Å². The number of rotatable bonds is 12. The first-order valence-electron chi connectivity index (χ1n) is 13.4. The van der Waals surface area contributed by atoms with Crippen LogP contribution < -0.4 is 39.2 Å². The number of ether oxygens (including phenoxy) is 6. The van der Waals surface area contributed by atoms with Gasteiger partial charge in [0.25, 0.3) is 11.8 Å². The van der Waals surface area contributed by atoms with Crippen LogP contribution in [0.4, 0.5) is 5.69 Å². The Kier molecular flexibility index (Phi) is 10.6. The van der Waals surface area contributed by atoms with Gasteiger partial charge in [0.2, 0.25) is 5.75 Å². The number of amides is 2. The van der Waals surface area contributed by atoms with Crippen LogP contribution in [-0.4, -0.2) is 59.5 Å². The number of benzene rings is 4. The van der Waals surface area contributed by atoms with Crippen molar-refractivity contribution in [3.63, 3.8) is 0 Å². The number of hydrogen-bond acceptors (Lipinski definition) is 10. The molecule has 0 aliphatic rings. The molecule has 232 valence electrons. The van der Waals surface area contributed by atoms with E-state index in [0.29, 0.717) is 39.8 Å². The Balaban J connectivity index is 1.40. The van der Waals surface area contributed by atoms with Gasteiger partial charge in [-0.25, -0.2) is 10.2 Å². The summed E-state index contributed by atoms with van der Waals surface area (Å²) in [6.07, 6.45) is 1.40. The fourth-order valence-electron chi connectivity index (χ4n) is 4.12. The minimum atomic E-state index is -0.677. The van der Waals surface area contributed by atoms with Gasteiger partial charge in [0, 0.05) is 16.8 Å². The summed E-state index contributed by atoms with van der Waals surface area (Å²) in [6.45, 7) is 0. The lowest BCUT2D eigenvalue weighted by Gasteiger charge is -2.14. The molecule has 0 saturated heterocycles. The lowest BCUT2D eigenvalue weighted by molar-refractivity contribution is 0.0728. The zero-order valence-electron chi connectivity index (χ0n) is 25.2. The van der Waals surface area contributed by atoms with Gasteiger partial charge >= 0.3 is 5.97 Å². The summed E-state index contributed by atoms with van der Waals surface area (Å²) in [5, 5.41) is 6.78. The van der Waals surface area contributed by atoms with Crippen molar-refractivity contribution in [2.45, 2.75) is 0 Å². The second-order valence-corrected chi connectivity index (χ2v) is 9.18. The minimum absolute atomic E-state index is 0.158. The van der Waals surface area contributed by atoms with Crippen molar-refractivity contribution in [1.29, 1.82) is 0 Å². The molecule has 4 aromatic carbocycles.